The number of halogens is 2. The summed E-state index contributed by atoms with van der Waals surface area (Å²) >= 11 is 0. The molecule has 1 nitrogen and oxygen atoms in total. The van der Waals surface area contributed by atoms with Crippen LogP contribution in [-0.4, -0.2) is 4.98 Å². The molecule has 0 aliphatic heterocycles. The molecule has 0 aliphatic carbocycles. The van der Waals surface area contributed by atoms with Crippen LogP contribution in [0.2, 0.25) is 0 Å². The third kappa shape index (κ3) is 1.91. The van der Waals surface area contributed by atoms with Gasteiger partial charge in [-0.15, -0.1) is 6.42 Å². The highest BCUT2D eigenvalue weighted by Crippen LogP contribution is 2.21. The monoisotopic (exact) mass is 215 g/mol. The van der Waals surface area contributed by atoms with E-state index in [1.807, 2.05) is 0 Å². The molecule has 78 valence electrons. The van der Waals surface area contributed by atoms with Crippen LogP contribution in [0.3, 0.4) is 0 Å². The van der Waals surface area contributed by atoms with E-state index in [-0.39, 0.29) is 5.56 Å². The molecular formula is C13H7F2N. The van der Waals surface area contributed by atoms with Gasteiger partial charge in [0.05, 0.1) is 5.69 Å². The van der Waals surface area contributed by atoms with E-state index in [1.54, 1.807) is 12.1 Å². The molecule has 1 heterocycles. The zero-order valence-electron chi connectivity index (χ0n) is 8.24. The topological polar surface area (TPSA) is 12.9 Å². The number of rotatable bonds is 1. The van der Waals surface area contributed by atoms with Gasteiger partial charge < -0.3 is 0 Å². The molecule has 0 fully saturated rings. The van der Waals surface area contributed by atoms with Gasteiger partial charge in [0.2, 0.25) is 0 Å². The number of nitrogens with zero attached hydrogens (tertiary/aromatic N) is 1. The minimum Gasteiger partial charge on any atom is -0.255 e. The van der Waals surface area contributed by atoms with Crippen LogP contribution in [0.15, 0.2) is 36.5 Å². The number of hydrogen-bond acceptors (Lipinski definition) is 1. The first-order chi connectivity index (χ1) is 7.70. The van der Waals surface area contributed by atoms with E-state index >= 15 is 0 Å². The standard InChI is InChI=1S/C13H7F2N/c1-2-9-3-6-13(16-8-9)11-5-4-10(14)7-12(11)15/h1,3-8H. The second-order valence-electron chi connectivity index (χ2n) is 3.20. The van der Waals surface area contributed by atoms with Crippen LogP contribution in [-0.2, 0) is 0 Å². The van der Waals surface area contributed by atoms with Crippen molar-refractivity contribution in [2.24, 2.45) is 0 Å². The van der Waals surface area contributed by atoms with Crippen molar-refractivity contribution in [2.45, 2.75) is 0 Å². The van der Waals surface area contributed by atoms with E-state index in [1.165, 1.54) is 18.3 Å². The van der Waals surface area contributed by atoms with Crippen molar-refractivity contribution >= 4 is 0 Å². The molecule has 0 amide bonds. The normalized spacial score (nSPS) is 9.81. The van der Waals surface area contributed by atoms with Crippen molar-refractivity contribution in [3.8, 4) is 23.6 Å². The van der Waals surface area contributed by atoms with Crippen LogP contribution in [0.1, 0.15) is 5.56 Å². The lowest BCUT2D eigenvalue weighted by atomic mass is 10.1. The second-order valence-corrected chi connectivity index (χ2v) is 3.20. The average molecular weight is 215 g/mol. The van der Waals surface area contributed by atoms with E-state index in [9.17, 15) is 8.78 Å². The Morgan fingerprint density at radius 1 is 1.12 bits per heavy atom. The Bertz CT molecular complexity index is 553. The second kappa shape index (κ2) is 4.11. The third-order valence-electron chi connectivity index (χ3n) is 2.14. The van der Waals surface area contributed by atoms with Gasteiger partial charge in [0.25, 0.3) is 0 Å². The van der Waals surface area contributed by atoms with Gasteiger partial charge in [0.15, 0.2) is 0 Å². The summed E-state index contributed by atoms with van der Waals surface area (Å²) in [6.45, 7) is 0. The molecule has 1 aromatic carbocycles. The van der Waals surface area contributed by atoms with Crippen molar-refractivity contribution in [1.29, 1.82) is 0 Å². The van der Waals surface area contributed by atoms with Crippen molar-refractivity contribution in [1.82, 2.24) is 4.98 Å². The van der Waals surface area contributed by atoms with Gasteiger partial charge in [-0.3, -0.25) is 4.98 Å². The van der Waals surface area contributed by atoms with Gasteiger partial charge in [0.1, 0.15) is 11.6 Å². The fraction of sp³-hybridized carbons (Fsp3) is 0. The highest BCUT2D eigenvalue weighted by atomic mass is 19.1. The molecule has 0 saturated heterocycles. The zero-order chi connectivity index (χ0) is 11.5. The van der Waals surface area contributed by atoms with Crippen LogP contribution in [0, 0.1) is 24.0 Å². The Kier molecular flexibility index (Phi) is 2.65. The summed E-state index contributed by atoms with van der Waals surface area (Å²) in [5.41, 5.74) is 1.30. The SMILES string of the molecule is C#Cc1ccc(-c2ccc(F)cc2F)nc1. The molecule has 0 bridgehead atoms. The lowest BCUT2D eigenvalue weighted by Gasteiger charge is -2.02. The minimum atomic E-state index is -0.638. The molecule has 0 radical (unpaired) electrons. The molecule has 0 saturated carbocycles. The maximum Gasteiger partial charge on any atom is 0.135 e. The first-order valence-electron chi connectivity index (χ1n) is 4.59. The van der Waals surface area contributed by atoms with E-state index in [0.717, 1.165) is 6.07 Å². The molecule has 0 unspecified atom stereocenters. The molecule has 0 spiro atoms. The summed E-state index contributed by atoms with van der Waals surface area (Å²) in [5, 5.41) is 0. The third-order valence-corrected chi connectivity index (χ3v) is 2.14. The smallest absolute Gasteiger partial charge is 0.135 e. The Balaban J connectivity index is 2.47. The maximum atomic E-state index is 13.4. The first kappa shape index (κ1) is 10.3. The molecule has 2 aromatic rings. The molecule has 0 atom stereocenters. The summed E-state index contributed by atoms with van der Waals surface area (Å²) < 4.78 is 26.1. The van der Waals surface area contributed by atoms with Crippen LogP contribution in [0.4, 0.5) is 8.78 Å². The largest absolute Gasteiger partial charge is 0.255 e. The molecule has 0 N–H and O–H groups in total. The Morgan fingerprint density at radius 3 is 2.50 bits per heavy atom. The fourth-order valence-electron chi connectivity index (χ4n) is 1.34. The predicted octanol–water partition coefficient (Wildman–Crippen LogP) is 3.01. The summed E-state index contributed by atoms with van der Waals surface area (Å²) in [7, 11) is 0. The molecule has 3 heteroatoms. The average Bonchev–Trinajstić information content (AvgIpc) is 2.29. The lowest BCUT2D eigenvalue weighted by molar-refractivity contribution is 0.585. The van der Waals surface area contributed by atoms with Gasteiger partial charge in [-0.2, -0.15) is 0 Å². The maximum absolute atomic E-state index is 13.4. The first-order valence-corrected chi connectivity index (χ1v) is 4.59. The van der Waals surface area contributed by atoms with Crippen LogP contribution < -0.4 is 0 Å². The van der Waals surface area contributed by atoms with Crippen molar-refractivity contribution in [2.75, 3.05) is 0 Å². The zero-order valence-corrected chi connectivity index (χ0v) is 8.24. The van der Waals surface area contributed by atoms with Crippen LogP contribution in [0.25, 0.3) is 11.3 Å². The van der Waals surface area contributed by atoms with Gasteiger partial charge in [-0.25, -0.2) is 8.78 Å². The summed E-state index contributed by atoms with van der Waals surface area (Å²) in [6, 6.07) is 6.63. The van der Waals surface area contributed by atoms with Gasteiger partial charge >= 0.3 is 0 Å². The number of hydrogen-bond donors (Lipinski definition) is 0. The van der Waals surface area contributed by atoms with Crippen molar-refractivity contribution < 1.29 is 8.78 Å². The van der Waals surface area contributed by atoms with Gasteiger partial charge in [0, 0.05) is 23.4 Å². The number of benzene rings is 1. The van der Waals surface area contributed by atoms with Crippen LogP contribution in [0.5, 0.6) is 0 Å². The summed E-state index contributed by atoms with van der Waals surface area (Å²) in [6.07, 6.45) is 6.65. The van der Waals surface area contributed by atoms with Crippen molar-refractivity contribution in [3.05, 3.63) is 53.7 Å². The Labute approximate surface area is 91.8 Å². The number of pyridine rings is 1. The fourth-order valence-corrected chi connectivity index (χ4v) is 1.34. The molecule has 1 aromatic heterocycles. The molecule has 2 rings (SSSR count). The lowest BCUT2D eigenvalue weighted by Crippen LogP contribution is -1.89. The number of aromatic nitrogens is 1. The summed E-state index contributed by atoms with van der Waals surface area (Å²) in [4.78, 5) is 4.01. The van der Waals surface area contributed by atoms with E-state index < -0.39 is 11.6 Å². The summed E-state index contributed by atoms with van der Waals surface area (Å²) in [5.74, 6) is 1.17. The highest BCUT2D eigenvalue weighted by molar-refractivity contribution is 5.60. The highest BCUT2D eigenvalue weighted by Gasteiger charge is 2.06. The Morgan fingerprint density at radius 2 is 1.94 bits per heavy atom. The number of terminal acetylenes is 1. The van der Waals surface area contributed by atoms with E-state index in [4.69, 9.17) is 6.42 Å². The van der Waals surface area contributed by atoms with Gasteiger partial charge in [-0.05, 0) is 24.3 Å². The van der Waals surface area contributed by atoms with E-state index in [0.29, 0.717) is 11.3 Å². The molecule has 16 heavy (non-hydrogen) atoms. The van der Waals surface area contributed by atoms with Crippen molar-refractivity contribution in [3.63, 3.8) is 0 Å². The minimum absolute atomic E-state index is 0.255. The quantitative estimate of drug-likeness (QED) is 0.666. The Hall–Kier alpha value is -2.21. The molecular weight excluding hydrogens is 208 g/mol. The van der Waals surface area contributed by atoms with Crippen LogP contribution >= 0.6 is 0 Å². The van der Waals surface area contributed by atoms with Gasteiger partial charge in [-0.1, -0.05) is 5.92 Å². The molecule has 0 aliphatic rings. The predicted molar refractivity (Wildman–Crippen MR) is 57.5 cm³/mol. The van der Waals surface area contributed by atoms with E-state index in [2.05, 4.69) is 10.9 Å².